The predicted octanol–water partition coefficient (Wildman–Crippen LogP) is 2.84. The lowest BCUT2D eigenvalue weighted by atomic mass is 10.2. The maximum atomic E-state index is 11.9. The van der Waals surface area contributed by atoms with E-state index in [1.54, 1.807) is 26.4 Å². The summed E-state index contributed by atoms with van der Waals surface area (Å²) in [6, 6.07) is 5.46. The van der Waals surface area contributed by atoms with E-state index in [1.165, 1.54) is 0 Å². The van der Waals surface area contributed by atoms with Crippen molar-refractivity contribution in [1.82, 2.24) is 9.88 Å². The molecule has 3 rings (SSSR count). The number of aryl methyl sites for hydroxylation is 1. The van der Waals surface area contributed by atoms with Gasteiger partial charge in [0.2, 0.25) is 5.89 Å². The van der Waals surface area contributed by atoms with Gasteiger partial charge in [-0.25, -0.2) is 13.4 Å². The first-order chi connectivity index (χ1) is 13.4. The maximum absolute atomic E-state index is 11.9. The molecule has 7 nitrogen and oxygen atoms in total. The predicted molar refractivity (Wildman–Crippen MR) is 107 cm³/mol. The van der Waals surface area contributed by atoms with Crippen molar-refractivity contribution >= 4 is 9.84 Å². The van der Waals surface area contributed by atoms with Gasteiger partial charge in [-0.3, -0.25) is 4.90 Å². The average molecular weight is 407 g/mol. The number of oxazole rings is 1. The van der Waals surface area contributed by atoms with Crippen molar-refractivity contribution in [3.63, 3.8) is 0 Å². The van der Waals surface area contributed by atoms with Gasteiger partial charge in [-0.2, -0.15) is 0 Å². The third kappa shape index (κ3) is 4.39. The standard InChI is InChI=1S/C20H26N2O5S/c1-5-9-22(16-8-10-28(23,24)13-16)12-17-14(2)27-20(21-17)15-6-7-18(25-3)19(11-15)26-4/h5-7,11,16H,1,8-10,12-13H2,2-4H3/t16-/m0/s1. The van der Waals surface area contributed by atoms with Crippen LogP contribution in [0.25, 0.3) is 11.5 Å². The van der Waals surface area contributed by atoms with Crippen LogP contribution in [0.2, 0.25) is 0 Å². The van der Waals surface area contributed by atoms with E-state index in [-0.39, 0.29) is 17.5 Å². The van der Waals surface area contributed by atoms with Gasteiger partial charge in [0, 0.05) is 24.7 Å². The number of hydrogen-bond acceptors (Lipinski definition) is 7. The summed E-state index contributed by atoms with van der Waals surface area (Å²) in [6.45, 7) is 6.77. The second kappa shape index (κ2) is 8.36. The Balaban J connectivity index is 1.84. The summed E-state index contributed by atoms with van der Waals surface area (Å²) >= 11 is 0. The van der Waals surface area contributed by atoms with Crippen LogP contribution >= 0.6 is 0 Å². The molecule has 0 spiro atoms. The molecular formula is C20H26N2O5S. The van der Waals surface area contributed by atoms with E-state index in [2.05, 4.69) is 16.5 Å². The molecule has 0 aliphatic carbocycles. The molecule has 1 saturated heterocycles. The SMILES string of the molecule is C=CCN(Cc1nc(-c2ccc(OC)c(OC)c2)oc1C)[C@H]1CCS(=O)(=O)C1. The molecule has 28 heavy (non-hydrogen) atoms. The zero-order chi connectivity index (χ0) is 20.3. The van der Waals surface area contributed by atoms with E-state index in [0.717, 1.165) is 11.3 Å². The van der Waals surface area contributed by atoms with Gasteiger partial charge in [0.05, 0.1) is 31.4 Å². The summed E-state index contributed by atoms with van der Waals surface area (Å²) in [4.78, 5) is 6.75. The Hall–Kier alpha value is -2.32. The van der Waals surface area contributed by atoms with Crippen LogP contribution in [0.15, 0.2) is 35.3 Å². The lowest BCUT2D eigenvalue weighted by Crippen LogP contribution is -2.36. The van der Waals surface area contributed by atoms with Crippen LogP contribution in [0, 0.1) is 6.92 Å². The molecule has 2 aromatic rings. The number of rotatable bonds is 8. The number of methoxy groups -OCH3 is 2. The third-order valence-electron chi connectivity index (χ3n) is 4.96. The van der Waals surface area contributed by atoms with Crippen LogP contribution in [-0.2, 0) is 16.4 Å². The summed E-state index contributed by atoms with van der Waals surface area (Å²) in [5, 5.41) is 0. The van der Waals surface area contributed by atoms with Gasteiger partial charge in [-0.15, -0.1) is 6.58 Å². The normalized spacial score (nSPS) is 18.4. The van der Waals surface area contributed by atoms with E-state index in [1.807, 2.05) is 19.1 Å². The summed E-state index contributed by atoms with van der Waals surface area (Å²) in [6.07, 6.45) is 2.42. The van der Waals surface area contributed by atoms with Crippen LogP contribution in [0.1, 0.15) is 17.9 Å². The van der Waals surface area contributed by atoms with Gasteiger partial charge in [0.25, 0.3) is 0 Å². The van der Waals surface area contributed by atoms with Crippen molar-refractivity contribution in [2.24, 2.45) is 0 Å². The molecular weight excluding hydrogens is 380 g/mol. The van der Waals surface area contributed by atoms with Crippen molar-refractivity contribution in [3.05, 3.63) is 42.3 Å². The van der Waals surface area contributed by atoms with E-state index in [9.17, 15) is 8.42 Å². The fraction of sp³-hybridized carbons (Fsp3) is 0.450. The molecule has 0 unspecified atom stereocenters. The largest absolute Gasteiger partial charge is 0.493 e. The quantitative estimate of drug-likeness (QED) is 0.624. The van der Waals surface area contributed by atoms with E-state index >= 15 is 0 Å². The molecule has 1 aromatic heterocycles. The van der Waals surface area contributed by atoms with E-state index in [4.69, 9.17) is 13.9 Å². The molecule has 1 fully saturated rings. The lowest BCUT2D eigenvalue weighted by Gasteiger charge is -2.25. The van der Waals surface area contributed by atoms with Crippen molar-refractivity contribution in [2.75, 3.05) is 32.3 Å². The minimum atomic E-state index is -2.96. The summed E-state index contributed by atoms with van der Waals surface area (Å²) in [7, 11) is 0.207. The summed E-state index contributed by atoms with van der Waals surface area (Å²) in [5.41, 5.74) is 1.57. The summed E-state index contributed by atoms with van der Waals surface area (Å²) in [5.74, 6) is 2.85. The molecule has 8 heteroatoms. The van der Waals surface area contributed by atoms with Crippen LogP contribution < -0.4 is 9.47 Å². The van der Waals surface area contributed by atoms with Crippen molar-refractivity contribution in [3.8, 4) is 23.0 Å². The van der Waals surface area contributed by atoms with Crippen molar-refractivity contribution < 1.29 is 22.3 Å². The maximum Gasteiger partial charge on any atom is 0.226 e. The summed E-state index contributed by atoms with van der Waals surface area (Å²) < 4.78 is 40.2. The zero-order valence-electron chi connectivity index (χ0n) is 16.5. The molecule has 0 N–H and O–H groups in total. The molecule has 0 bridgehead atoms. The second-order valence-electron chi connectivity index (χ2n) is 6.87. The van der Waals surface area contributed by atoms with Gasteiger partial charge in [0.15, 0.2) is 21.3 Å². The monoisotopic (exact) mass is 406 g/mol. The fourth-order valence-corrected chi connectivity index (χ4v) is 5.19. The molecule has 1 aliphatic rings. The first kappa shape index (κ1) is 20.4. The highest BCUT2D eigenvalue weighted by Gasteiger charge is 2.32. The van der Waals surface area contributed by atoms with Gasteiger partial charge in [-0.05, 0) is 31.5 Å². The Labute approximate surface area is 165 Å². The topological polar surface area (TPSA) is 81.9 Å². The first-order valence-electron chi connectivity index (χ1n) is 9.11. The van der Waals surface area contributed by atoms with Crippen LogP contribution in [-0.4, -0.2) is 56.6 Å². The van der Waals surface area contributed by atoms with E-state index in [0.29, 0.717) is 42.7 Å². The van der Waals surface area contributed by atoms with Crippen LogP contribution in [0.4, 0.5) is 0 Å². The van der Waals surface area contributed by atoms with Gasteiger partial charge < -0.3 is 13.9 Å². The Morgan fingerprint density at radius 2 is 2.07 bits per heavy atom. The Morgan fingerprint density at radius 3 is 2.68 bits per heavy atom. The first-order valence-corrected chi connectivity index (χ1v) is 10.9. The second-order valence-corrected chi connectivity index (χ2v) is 9.10. The third-order valence-corrected chi connectivity index (χ3v) is 6.71. The number of hydrogen-bond donors (Lipinski definition) is 0. The molecule has 1 aromatic carbocycles. The molecule has 152 valence electrons. The number of ether oxygens (including phenoxy) is 2. The van der Waals surface area contributed by atoms with Gasteiger partial charge in [-0.1, -0.05) is 6.08 Å². The Kier molecular flexibility index (Phi) is 6.10. The smallest absolute Gasteiger partial charge is 0.226 e. The highest BCUT2D eigenvalue weighted by Crippen LogP contribution is 2.33. The average Bonchev–Trinajstić information content (AvgIpc) is 3.22. The molecule has 0 saturated carbocycles. The minimum absolute atomic E-state index is 0.0244. The molecule has 0 amide bonds. The van der Waals surface area contributed by atoms with Gasteiger partial charge >= 0.3 is 0 Å². The van der Waals surface area contributed by atoms with Crippen molar-refractivity contribution in [1.29, 1.82) is 0 Å². The van der Waals surface area contributed by atoms with Crippen molar-refractivity contribution in [2.45, 2.75) is 25.9 Å². The highest BCUT2D eigenvalue weighted by atomic mass is 32.2. The Morgan fingerprint density at radius 1 is 1.32 bits per heavy atom. The number of sulfone groups is 1. The zero-order valence-corrected chi connectivity index (χ0v) is 17.3. The van der Waals surface area contributed by atoms with Gasteiger partial charge in [0.1, 0.15) is 5.76 Å². The minimum Gasteiger partial charge on any atom is -0.493 e. The molecule has 1 atom stereocenters. The van der Waals surface area contributed by atoms with E-state index < -0.39 is 9.84 Å². The number of nitrogens with zero attached hydrogens (tertiary/aromatic N) is 2. The Bertz CT molecular complexity index is 952. The molecule has 2 heterocycles. The lowest BCUT2D eigenvalue weighted by molar-refractivity contribution is 0.223. The fourth-order valence-electron chi connectivity index (χ4n) is 3.43. The van der Waals surface area contributed by atoms with Crippen LogP contribution in [0.3, 0.4) is 0 Å². The number of aromatic nitrogens is 1. The molecule has 1 aliphatic heterocycles. The number of benzene rings is 1. The highest BCUT2D eigenvalue weighted by molar-refractivity contribution is 7.91. The molecule has 0 radical (unpaired) electrons. The van der Waals surface area contributed by atoms with Crippen LogP contribution in [0.5, 0.6) is 11.5 Å².